The average molecular weight is 356 g/mol. The predicted molar refractivity (Wildman–Crippen MR) is 92.9 cm³/mol. The summed E-state index contributed by atoms with van der Waals surface area (Å²) in [5.41, 5.74) is 1.66. The first kappa shape index (κ1) is 17.8. The van der Waals surface area contributed by atoms with Crippen molar-refractivity contribution in [2.45, 2.75) is 25.0 Å². The topological polar surface area (TPSA) is 71.1 Å². The maximum absolute atomic E-state index is 11.9. The lowest BCUT2D eigenvalue weighted by Gasteiger charge is -2.36. The Morgan fingerprint density at radius 3 is 1.73 bits per heavy atom. The average Bonchev–Trinajstić information content (AvgIpc) is 2.60. The van der Waals surface area contributed by atoms with E-state index in [-0.39, 0.29) is 19.3 Å². The maximum atomic E-state index is 11.9. The van der Waals surface area contributed by atoms with Crippen LogP contribution in [0.5, 0.6) is 11.5 Å². The first-order valence-electron chi connectivity index (χ1n) is 8.21. The van der Waals surface area contributed by atoms with Gasteiger partial charge in [-0.05, 0) is 35.4 Å². The zero-order chi connectivity index (χ0) is 18.6. The molecule has 26 heavy (non-hydrogen) atoms. The zero-order valence-electron chi connectivity index (χ0n) is 14.7. The third-order valence-electron chi connectivity index (χ3n) is 4.10. The Morgan fingerprint density at radius 2 is 1.31 bits per heavy atom. The van der Waals surface area contributed by atoms with Crippen LogP contribution in [0.2, 0.25) is 0 Å². The second kappa shape index (κ2) is 7.47. The van der Waals surface area contributed by atoms with Crippen molar-refractivity contribution < 1.29 is 28.5 Å². The Bertz CT molecular complexity index is 746. The van der Waals surface area contributed by atoms with E-state index in [1.54, 1.807) is 14.2 Å². The molecule has 1 heterocycles. The molecule has 6 nitrogen and oxygen atoms in total. The summed E-state index contributed by atoms with van der Waals surface area (Å²) in [5.74, 6) is -1.23. The van der Waals surface area contributed by atoms with Crippen molar-refractivity contribution in [3.63, 3.8) is 0 Å². The van der Waals surface area contributed by atoms with Gasteiger partial charge in [-0.15, -0.1) is 0 Å². The van der Waals surface area contributed by atoms with Gasteiger partial charge < -0.3 is 18.9 Å². The largest absolute Gasteiger partial charge is 0.497 e. The monoisotopic (exact) mass is 356 g/mol. The Kier molecular flexibility index (Phi) is 5.11. The number of methoxy groups -OCH3 is 2. The summed E-state index contributed by atoms with van der Waals surface area (Å²) in [5, 5.41) is 0. The molecule has 0 N–H and O–H groups in total. The van der Waals surface area contributed by atoms with Gasteiger partial charge in [0, 0.05) is 0 Å². The van der Waals surface area contributed by atoms with E-state index in [0.29, 0.717) is 11.5 Å². The van der Waals surface area contributed by atoms with Gasteiger partial charge in [0.1, 0.15) is 17.9 Å². The highest BCUT2D eigenvalue weighted by Gasteiger charge is 2.43. The standard InChI is InChI=1S/C20H20O6/c1-23-16-7-3-5-14(9-16)12-20(25-18(21)11-19(22)26-20)13-15-6-4-8-17(10-15)24-2/h3-10H,11-13H2,1-2H3. The SMILES string of the molecule is COc1cccc(CC2(Cc3cccc(OC)c3)OC(=O)CC(=O)O2)c1. The molecule has 0 aromatic heterocycles. The minimum Gasteiger partial charge on any atom is -0.497 e. The molecule has 0 saturated carbocycles. The number of hydrogen-bond donors (Lipinski definition) is 0. The van der Waals surface area contributed by atoms with Gasteiger partial charge in [-0.3, -0.25) is 9.59 Å². The van der Waals surface area contributed by atoms with Crippen molar-refractivity contribution in [3.05, 3.63) is 59.7 Å². The smallest absolute Gasteiger partial charge is 0.320 e. The maximum Gasteiger partial charge on any atom is 0.320 e. The van der Waals surface area contributed by atoms with Crippen LogP contribution in [0.4, 0.5) is 0 Å². The molecule has 1 aliphatic heterocycles. The summed E-state index contributed by atoms with van der Waals surface area (Å²) in [6.45, 7) is 0. The second-order valence-electron chi connectivity index (χ2n) is 6.09. The van der Waals surface area contributed by atoms with Crippen molar-refractivity contribution in [2.24, 2.45) is 0 Å². The fourth-order valence-electron chi connectivity index (χ4n) is 3.02. The molecule has 136 valence electrons. The van der Waals surface area contributed by atoms with Crippen LogP contribution in [0.15, 0.2) is 48.5 Å². The second-order valence-corrected chi connectivity index (χ2v) is 6.09. The Hall–Kier alpha value is -3.02. The third kappa shape index (κ3) is 4.14. The molecule has 2 aromatic rings. The number of benzene rings is 2. The molecule has 3 rings (SSSR count). The molecule has 1 saturated heterocycles. The summed E-state index contributed by atoms with van der Waals surface area (Å²) >= 11 is 0. The minimum atomic E-state index is -1.40. The fourth-order valence-corrected chi connectivity index (χ4v) is 3.02. The minimum absolute atomic E-state index is 0.221. The lowest BCUT2D eigenvalue weighted by Crippen LogP contribution is -2.48. The third-order valence-corrected chi connectivity index (χ3v) is 4.10. The summed E-state index contributed by atoms with van der Waals surface area (Å²) in [4.78, 5) is 23.9. The quantitative estimate of drug-likeness (QED) is 0.585. The zero-order valence-corrected chi connectivity index (χ0v) is 14.7. The van der Waals surface area contributed by atoms with E-state index in [0.717, 1.165) is 11.1 Å². The molecule has 2 aromatic carbocycles. The number of rotatable bonds is 6. The highest BCUT2D eigenvalue weighted by Crippen LogP contribution is 2.31. The van der Waals surface area contributed by atoms with E-state index in [1.165, 1.54) is 0 Å². The normalized spacial score (nSPS) is 15.8. The van der Waals surface area contributed by atoms with Crippen LogP contribution < -0.4 is 9.47 Å². The van der Waals surface area contributed by atoms with Crippen molar-refractivity contribution in [1.29, 1.82) is 0 Å². The highest BCUT2D eigenvalue weighted by atomic mass is 16.7. The van der Waals surface area contributed by atoms with Gasteiger partial charge in [-0.25, -0.2) is 0 Å². The summed E-state index contributed by atoms with van der Waals surface area (Å²) in [6.07, 6.45) is 0.0652. The van der Waals surface area contributed by atoms with Crippen molar-refractivity contribution in [3.8, 4) is 11.5 Å². The fraction of sp³-hybridized carbons (Fsp3) is 0.300. The van der Waals surface area contributed by atoms with E-state index < -0.39 is 17.7 Å². The van der Waals surface area contributed by atoms with Crippen LogP contribution in [0, 0.1) is 0 Å². The molecule has 0 spiro atoms. The molecule has 0 unspecified atom stereocenters. The van der Waals surface area contributed by atoms with E-state index in [2.05, 4.69) is 0 Å². The molecule has 0 aliphatic carbocycles. The van der Waals surface area contributed by atoms with Gasteiger partial charge in [0.2, 0.25) is 0 Å². The van der Waals surface area contributed by atoms with Gasteiger partial charge in [0.25, 0.3) is 5.79 Å². The molecule has 6 heteroatoms. The molecule has 0 radical (unpaired) electrons. The van der Waals surface area contributed by atoms with Gasteiger partial charge in [-0.1, -0.05) is 24.3 Å². The van der Waals surface area contributed by atoms with E-state index in [1.807, 2.05) is 48.5 Å². The molecule has 1 fully saturated rings. The van der Waals surface area contributed by atoms with Gasteiger partial charge in [0.05, 0.1) is 27.1 Å². The summed E-state index contributed by atoms with van der Waals surface area (Å²) < 4.78 is 21.5. The van der Waals surface area contributed by atoms with Crippen LogP contribution in [0.3, 0.4) is 0 Å². The molecule has 0 amide bonds. The van der Waals surface area contributed by atoms with E-state index in [4.69, 9.17) is 18.9 Å². The Balaban J connectivity index is 1.93. The number of esters is 2. The van der Waals surface area contributed by atoms with Gasteiger partial charge in [0.15, 0.2) is 0 Å². The van der Waals surface area contributed by atoms with Crippen LogP contribution in [0.1, 0.15) is 17.5 Å². The highest BCUT2D eigenvalue weighted by molar-refractivity contribution is 5.93. The number of hydrogen-bond acceptors (Lipinski definition) is 6. The first-order valence-corrected chi connectivity index (χ1v) is 8.21. The molecule has 0 atom stereocenters. The van der Waals surface area contributed by atoms with Crippen LogP contribution in [0.25, 0.3) is 0 Å². The molecular weight excluding hydrogens is 336 g/mol. The number of carbonyl (C=O) groups is 2. The van der Waals surface area contributed by atoms with Crippen LogP contribution in [-0.4, -0.2) is 31.9 Å². The summed E-state index contributed by atoms with van der Waals surface area (Å²) in [7, 11) is 3.15. The van der Waals surface area contributed by atoms with Gasteiger partial charge in [-0.2, -0.15) is 0 Å². The number of ether oxygens (including phenoxy) is 4. The Morgan fingerprint density at radius 1 is 0.846 bits per heavy atom. The number of cyclic esters (lactones) is 2. The van der Waals surface area contributed by atoms with Crippen LogP contribution >= 0.6 is 0 Å². The predicted octanol–water partition coefficient (Wildman–Crippen LogP) is 2.68. The lowest BCUT2D eigenvalue weighted by molar-refractivity contribution is -0.243. The molecule has 1 aliphatic rings. The molecule has 0 bridgehead atoms. The Labute approximate surface area is 151 Å². The first-order chi connectivity index (χ1) is 12.5. The number of carbonyl (C=O) groups excluding carboxylic acids is 2. The van der Waals surface area contributed by atoms with Crippen LogP contribution in [-0.2, 0) is 31.9 Å². The molecular formula is C20H20O6. The van der Waals surface area contributed by atoms with Crippen molar-refractivity contribution in [1.82, 2.24) is 0 Å². The van der Waals surface area contributed by atoms with Gasteiger partial charge >= 0.3 is 11.9 Å². The van der Waals surface area contributed by atoms with E-state index >= 15 is 0 Å². The van der Waals surface area contributed by atoms with Crippen molar-refractivity contribution >= 4 is 11.9 Å². The van der Waals surface area contributed by atoms with E-state index in [9.17, 15) is 9.59 Å². The lowest BCUT2D eigenvalue weighted by atomic mass is 9.96. The summed E-state index contributed by atoms with van der Waals surface area (Å²) in [6, 6.07) is 14.7. The van der Waals surface area contributed by atoms with Crippen molar-refractivity contribution in [2.75, 3.05) is 14.2 Å².